The van der Waals surface area contributed by atoms with Crippen LogP contribution in [0, 0.1) is 0 Å². The van der Waals surface area contributed by atoms with Gasteiger partial charge in [-0.15, -0.1) is 11.3 Å². The number of halogens is 2. The third-order valence-electron chi connectivity index (χ3n) is 3.25. The van der Waals surface area contributed by atoms with Gasteiger partial charge in [0, 0.05) is 11.8 Å². The van der Waals surface area contributed by atoms with Crippen LogP contribution in [0.2, 0.25) is 0 Å². The Labute approximate surface area is 144 Å². The normalized spacial score (nSPS) is 12.5. The van der Waals surface area contributed by atoms with Gasteiger partial charge in [-0.2, -0.15) is 5.10 Å². The van der Waals surface area contributed by atoms with Crippen LogP contribution in [0.5, 0.6) is 0 Å². The first-order valence-electron chi connectivity index (χ1n) is 6.42. The number of para-hydroxylation sites is 1. The summed E-state index contributed by atoms with van der Waals surface area (Å²) in [6.07, 6.45) is 1.84. The number of hydrogen-bond acceptors (Lipinski definition) is 3. The Balaban J connectivity index is 2.07. The maximum atomic E-state index is 4.47. The lowest BCUT2D eigenvalue weighted by Crippen LogP contribution is -2.20. The van der Waals surface area contributed by atoms with Crippen LogP contribution in [0.15, 0.2) is 56.2 Å². The van der Waals surface area contributed by atoms with Crippen LogP contribution in [0.1, 0.15) is 17.3 Å². The Morgan fingerprint density at radius 3 is 2.57 bits per heavy atom. The standard InChI is InChI=1S/C15H13Br2N3S/c1-18-14(11-9-13(16)21-15(11)17)12-7-8-19-20(12)10-5-3-2-4-6-10/h2-9,14,18H,1H3. The molecule has 3 nitrogen and oxygen atoms in total. The minimum absolute atomic E-state index is 0.0737. The molecule has 3 aromatic rings. The molecule has 0 saturated heterocycles. The van der Waals surface area contributed by atoms with Gasteiger partial charge >= 0.3 is 0 Å². The van der Waals surface area contributed by atoms with E-state index in [9.17, 15) is 0 Å². The Morgan fingerprint density at radius 2 is 1.95 bits per heavy atom. The van der Waals surface area contributed by atoms with Gasteiger partial charge in [-0.05, 0) is 63.2 Å². The second kappa shape index (κ2) is 6.44. The van der Waals surface area contributed by atoms with Crippen molar-refractivity contribution in [3.05, 3.63) is 67.5 Å². The van der Waals surface area contributed by atoms with E-state index in [0.29, 0.717) is 0 Å². The summed E-state index contributed by atoms with van der Waals surface area (Å²) in [5, 5.41) is 7.85. The molecule has 108 valence electrons. The summed E-state index contributed by atoms with van der Waals surface area (Å²) in [6, 6.07) is 14.4. The molecule has 1 atom stereocenters. The Morgan fingerprint density at radius 1 is 1.19 bits per heavy atom. The van der Waals surface area contributed by atoms with Crippen molar-refractivity contribution in [1.29, 1.82) is 0 Å². The molecular weight excluding hydrogens is 414 g/mol. The molecule has 1 unspecified atom stereocenters. The van der Waals surface area contributed by atoms with Gasteiger partial charge in [0.05, 0.1) is 25.0 Å². The first kappa shape index (κ1) is 15.0. The predicted octanol–water partition coefficient (Wildman–Crippen LogP) is 4.77. The van der Waals surface area contributed by atoms with Crippen molar-refractivity contribution >= 4 is 43.2 Å². The van der Waals surface area contributed by atoms with Gasteiger partial charge in [0.1, 0.15) is 0 Å². The van der Waals surface area contributed by atoms with Crippen molar-refractivity contribution in [2.24, 2.45) is 0 Å². The van der Waals surface area contributed by atoms with Gasteiger partial charge in [-0.1, -0.05) is 18.2 Å². The molecule has 1 aromatic carbocycles. The van der Waals surface area contributed by atoms with E-state index in [0.717, 1.165) is 19.0 Å². The summed E-state index contributed by atoms with van der Waals surface area (Å²) in [5.41, 5.74) is 3.37. The predicted molar refractivity (Wildman–Crippen MR) is 94.2 cm³/mol. The highest BCUT2D eigenvalue weighted by atomic mass is 79.9. The Bertz CT molecular complexity index is 736. The highest BCUT2D eigenvalue weighted by Crippen LogP contribution is 2.38. The van der Waals surface area contributed by atoms with E-state index in [1.54, 1.807) is 11.3 Å². The largest absolute Gasteiger partial charge is 0.308 e. The van der Waals surface area contributed by atoms with E-state index in [-0.39, 0.29) is 6.04 Å². The average molecular weight is 427 g/mol. The molecule has 0 aliphatic rings. The maximum absolute atomic E-state index is 4.47. The molecule has 0 fully saturated rings. The van der Waals surface area contributed by atoms with E-state index in [1.807, 2.05) is 42.2 Å². The van der Waals surface area contributed by atoms with Crippen molar-refractivity contribution in [2.75, 3.05) is 7.05 Å². The van der Waals surface area contributed by atoms with Crippen molar-refractivity contribution in [3.8, 4) is 5.69 Å². The molecule has 0 aliphatic carbocycles. The van der Waals surface area contributed by atoms with E-state index >= 15 is 0 Å². The zero-order valence-corrected chi connectivity index (χ0v) is 15.2. The Kier molecular flexibility index (Phi) is 4.59. The van der Waals surface area contributed by atoms with Gasteiger partial charge in [0.15, 0.2) is 0 Å². The van der Waals surface area contributed by atoms with Crippen LogP contribution in [-0.4, -0.2) is 16.8 Å². The van der Waals surface area contributed by atoms with Crippen LogP contribution in [-0.2, 0) is 0 Å². The number of hydrogen-bond donors (Lipinski definition) is 1. The molecule has 2 aromatic heterocycles. The van der Waals surface area contributed by atoms with Crippen LogP contribution in [0.4, 0.5) is 0 Å². The molecule has 6 heteroatoms. The van der Waals surface area contributed by atoms with Crippen LogP contribution < -0.4 is 5.32 Å². The molecule has 0 radical (unpaired) electrons. The summed E-state index contributed by atoms with van der Waals surface area (Å²) in [6.45, 7) is 0. The fraction of sp³-hybridized carbons (Fsp3) is 0.133. The van der Waals surface area contributed by atoms with Gasteiger partial charge in [0.2, 0.25) is 0 Å². The van der Waals surface area contributed by atoms with Crippen LogP contribution in [0.25, 0.3) is 5.69 Å². The van der Waals surface area contributed by atoms with Crippen molar-refractivity contribution in [2.45, 2.75) is 6.04 Å². The van der Waals surface area contributed by atoms with Gasteiger partial charge in [-0.3, -0.25) is 0 Å². The summed E-state index contributed by atoms with van der Waals surface area (Å²) >= 11 is 8.86. The lowest BCUT2D eigenvalue weighted by Gasteiger charge is -2.18. The molecule has 0 amide bonds. The van der Waals surface area contributed by atoms with Gasteiger partial charge in [-0.25, -0.2) is 4.68 Å². The molecule has 2 heterocycles. The summed E-state index contributed by atoms with van der Waals surface area (Å²) in [7, 11) is 1.96. The van der Waals surface area contributed by atoms with Crippen molar-refractivity contribution < 1.29 is 0 Å². The number of rotatable bonds is 4. The second-order valence-corrected chi connectivity index (χ2v) is 8.25. The van der Waals surface area contributed by atoms with Crippen molar-refractivity contribution in [1.82, 2.24) is 15.1 Å². The first-order valence-corrected chi connectivity index (χ1v) is 8.82. The zero-order chi connectivity index (χ0) is 14.8. The Hall–Kier alpha value is -0.950. The van der Waals surface area contributed by atoms with E-state index in [1.165, 1.54) is 5.56 Å². The minimum Gasteiger partial charge on any atom is -0.308 e. The maximum Gasteiger partial charge on any atom is 0.0770 e. The van der Waals surface area contributed by atoms with E-state index in [4.69, 9.17) is 0 Å². The third-order valence-corrected chi connectivity index (χ3v) is 5.64. The molecule has 21 heavy (non-hydrogen) atoms. The van der Waals surface area contributed by atoms with Gasteiger partial charge < -0.3 is 5.32 Å². The minimum atomic E-state index is 0.0737. The van der Waals surface area contributed by atoms with Gasteiger partial charge in [0.25, 0.3) is 0 Å². The third kappa shape index (κ3) is 2.99. The van der Waals surface area contributed by atoms with Crippen molar-refractivity contribution in [3.63, 3.8) is 0 Å². The SMILES string of the molecule is CNC(c1cc(Br)sc1Br)c1ccnn1-c1ccccc1. The molecular formula is C15H13Br2N3S. The molecule has 0 bridgehead atoms. The quantitative estimate of drug-likeness (QED) is 0.651. The molecule has 0 aliphatic heterocycles. The fourth-order valence-electron chi connectivity index (χ4n) is 2.33. The smallest absolute Gasteiger partial charge is 0.0770 e. The number of nitrogens with zero attached hydrogens (tertiary/aromatic N) is 2. The molecule has 0 saturated carbocycles. The summed E-state index contributed by atoms with van der Waals surface area (Å²) < 4.78 is 4.20. The fourth-order valence-corrected chi connectivity index (χ4v) is 5.23. The summed E-state index contributed by atoms with van der Waals surface area (Å²) in [4.78, 5) is 0. The zero-order valence-electron chi connectivity index (χ0n) is 11.3. The first-order chi connectivity index (χ1) is 10.2. The number of nitrogens with one attached hydrogen (secondary N) is 1. The number of benzene rings is 1. The number of aromatic nitrogens is 2. The molecule has 3 rings (SSSR count). The summed E-state index contributed by atoms with van der Waals surface area (Å²) in [5.74, 6) is 0. The average Bonchev–Trinajstić information content (AvgIpc) is 3.09. The molecule has 1 N–H and O–H groups in total. The van der Waals surface area contributed by atoms with Crippen LogP contribution >= 0.6 is 43.2 Å². The topological polar surface area (TPSA) is 29.9 Å². The van der Waals surface area contributed by atoms with E-state index in [2.05, 4.69) is 60.5 Å². The van der Waals surface area contributed by atoms with Crippen LogP contribution in [0.3, 0.4) is 0 Å². The second-order valence-electron chi connectivity index (χ2n) is 4.50. The lowest BCUT2D eigenvalue weighted by molar-refractivity contribution is 0.637. The van der Waals surface area contributed by atoms with E-state index < -0.39 is 0 Å². The number of thiophene rings is 1. The lowest BCUT2D eigenvalue weighted by atomic mass is 10.1. The highest BCUT2D eigenvalue weighted by molar-refractivity contribution is 9.12. The molecule has 0 spiro atoms. The highest BCUT2D eigenvalue weighted by Gasteiger charge is 2.21. The monoisotopic (exact) mass is 425 g/mol.